The maximum atomic E-state index is 12.9. The highest BCUT2D eigenvalue weighted by Gasteiger charge is 2.41. The Morgan fingerprint density at radius 1 is 1.26 bits per heavy atom. The van der Waals surface area contributed by atoms with Crippen molar-refractivity contribution in [3.63, 3.8) is 0 Å². The average Bonchev–Trinajstić information content (AvgIpc) is 3.12. The molecule has 2 saturated heterocycles. The van der Waals surface area contributed by atoms with Crippen molar-refractivity contribution in [3.8, 4) is 0 Å². The highest BCUT2D eigenvalue weighted by atomic mass is 16.3. The lowest BCUT2D eigenvalue weighted by Gasteiger charge is -2.47. The quantitative estimate of drug-likeness (QED) is 0.844. The zero-order valence-electron chi connectivity index (χ0n) is 15.5. The second kappa shape index (κ2) is 6.92. The standard InChI is InChI=1S/C19H25N5O3/c1-13(25)11-24-12-19(5-4-17(24)26)6-8-23(9-7-19)18(27)14-2-3-15-16(10-14)21-22-20-15/h2-3,10,13,25H,4-9,11-12H2,1H3,(H,20,21,22)/t13-/m0/s1. The molecule has 1 aromatic heterocycles. The number of rotatable bonds is 3. The van der Waals surface area contributed by atoms with Crippen LogP contribution in [-0.4, -0.2) is 74.4 Å². The van der Waals surface area contributed by atoms with Gasteiger partial charge in [0.05, 0.1) is 6.10 Å². The van der Waals surface area contributed by atoms with Crippen LogP contribution in [0, 0.1) is 5.41 Å². The number of likely N-dealkylation sites (tertiary alicyclic amines) is 2. The predicted octanol–water partition coefficient (Wildman–Crippen LogP) is 1.18. The maximum Gasteiger partial charge on any atom is 0.253 e. The van der Waals surface area contributed by atoms with Crippen molar-refractivity contribution in [2.45, 2.75) is 38.7 Å². The molecular formula is C19H25N5O3. The summed E-state index contributed by atoms with van der Waals surface area (Å²) in [5.74, 6) is 0.142. The summed E-state index contributed by atoms with van der Waals surface area (Å²) >= 11 is 0. The molecule has 2 amide bonds. The number of H-pyrrole nitrogens is 1. The zero-order valence-corrected chi connectivity index (χ0v) is 15.5. The summed E-state index contributed by atoms with van der Waals surface area (Å²) in [5, 5.41) is 20.3. The smallest absolute Gasteiger partial charge is 0.253 e. The van der Waals surface area contributed by atoms with Gasteiger partial charge in [0, 0.05) is 38.2 Å². The lowest BCUT2D eigenvalue weighted by atomic mass is 9.72. The van der Waals surface area contributed by atoms with Gasteiger partial charge in [0.25, 0.3) is 5.91 Å². The first-order chi connectivity index (χ1) is 13.0. The highest BCUT2D eigenvalue weighted by molar-refractivity contribution is 5.97. The molecule has 0 saturated carbocycles. The number of aromatic amines is 1. The van der Waals surface area contributed by atoms with E-state index < -0.39 is 6.10 Å². The second-order valence-corrected chi connectivity index (χ2v) is 7.94. The van der Waals surface area contributed by atoms with E-state index in [0.29, 0.717) is 43.7 Å². The molecule has 0 unspecified atom stereocenters. The predicted molar refractivity (Wildman–Crippen MR) is 99.0 cm³/mol. The zero-order chi connectivity index (χ0) is 19.0. The number of aromatic nitrogens is 3. The van der Waals surface area contributed by atoms with Crippen molar-refractivity contribution >= 4 is 22.8 Å². The van der Waals surface area contributed by atoms with Crippen LogP contribution in [0.1, 0.15) is 43.0 Å². The van der Waals surface area contributed by atoms with Crippen LogP contribution in [0.15, 0.2) is 18.2 Å². The molecule has 2 aliphatic heterocycles. The molecule has 4 rings (SSSR count). The Bertz CT molecular complexity index is 854. The Hall–Kier alpha value is -2.48. The van der Waals surface area contributed by atoms with E-state index in [1.54, 1.807) is 30.0 Å². The van der Waals surface area contributed by atoms with Gasteiger partial charge in [0.1, 0.15) is 11.0 Å². The fourth-order valence-electron chi connectivity index (χ4n) is 4.34. The molecule has 1 aromatic carbocycles. The highest BCUT2D eigenvalue weighted by Crippen LogP contribution is 2.40. The van der Waals surface area contributed by atoms with E-state index in [1.165, 1.54) is 0 Å². The van der Waals surface area contributed by atoms with E-state index in [2.05, 4.69) is 15.4 Å². The molecule has 27 heavy (non-hydrogen) atoms. The van der Waals surface area contributed by atoms with E-state index in [9.17, 15) is 14.7 Å². The number of fused-ring (bicyclic) bond motifs is 1. The number of amides is 2. The number of aliphatic hydroxyl groups is 1. The summed E-state index contributed by atoms with van der Waals surface area (Å²) in [6.07, 6.45) is 2.65. The first-order valence-corrected chi connectivity index (χ1v) is 9.51. The number of aliphatic hydroxyl groups excluding tert-OH is 1. The van der Waals surface area contributed by atoms with Gasteiger partial charge in [-0.1, -0.05) is 0 Å². The molecule has 2 aliphatic rings. The van der Waals surface area contributed by atoms with Crippen molar-refractivity contribution in [3.05, 3.63) is 23.8 Å². The lowest BCUT2D eigenvalue weighted by molar-refractivity contribution is -0.140. The van der Waals surface area contributed by atoms with Crippen LogP contribution in [-0.2, 0) is 4.79 Å². The third-order valence-electron chi connectivity index (χ3n) is 5.91. The molecule has 0 radical (unpaired) electrons. The van der Waals surface area contributed by atoms with Crippen LogP contribution in [0.4, 0.5) is 0 Å². The fourth-order valence-corrected chi connectivity index (χ4v) is 4.34. The average molecular weight is 371 g/mol. The minimum atomic E-state index is -0.516. The molecule has 144 valence electrons. The number of benzene rings is 1. The SMILES string of the molecule is C[C@H](O)CN1CC2(CCC1=O)CCN(C(=O)c1ccc3n[nH]nc3c1)CC2. The van der Waals surface area contributed by atoms with Gasteiger partial charge in [-0.3, -0.25) is 9.59 Å². The molecule has 1 spiro atoms. The number of hydrogen-bond donors (Lipinski definition) is 2. The number of carbonyl (C=O) groups excluding carboxylic acids is 2. The van der Waals surface area contributed by atoms with Crippen LogP contribution in [0.25, 0.3) is 11.0 Å². The molecular weight excluding hydrogens is 346 g/mol. The van der Waals surface area contributed by atoms with Crippen LogP contribution in [0.3, 0.4) is 0 Å². The molecule has 8 heteroatoms. The van der Waals surface area contributed by atoms with Crippen molar-refractivity contribution in [2.24, 2.45) is 5.41 Å². The van der Waals surface area contributed by atoms with E-state index in [0.717, 1.165) is 24.8 Å². The Morgan fingerprint density at radius 3 is 2.74 bits per heavy atom. The third kappa shape index (κ3) is 3.53. The summed E-state index contributed by atoms with van der Waals surface area (Å²) in [6.45, 7) is 4.16. The monoisotopic (exact) mass is 371 g/mol. The first kappa shape index (κ1) is 17.9. The van der Waals surface area contributed by atoms with Crippen molar-refractivity contribution < 1.29 is 14.7 Å². The van der Waals surface area contributed by atoms with E-state index in [-0.39, 0.29) is 17.2 Å². The number of nitrogens with zero attached hydrogens (tertiary/aromatic N) is 4. The van der Waals surface area contributed by atoms with Gasteiger partial charge in [0.2, 0.25) is 5.91 Å². The van der Waals surface area contributed by atoms with Gasteiger partial charge in [-0.25, -0.2) is 0 Å². The molecule has 8 nitrogen and oxygen atoms in total. The Morgan fingerprint density at radius 2 is 2.00 bits per heavy atom. The van der Waals surface area contributed by atoms with Crippen LogP contribution in [0.5, 0.6) is 0 Å². The summed E-state index contributed by atoms with van der Waals surface area (Å²) in [7, 11) is 0. The van der Waals surface area contributed by atoms with Crippen molar-refractivity contribution in [1.82, 2.24) is 25.2 Å². The summed E-state index contributed by atoms with van der Waals surface area (Å²) in [5.41, 5.74) is 2.13. The molecule has 0 aliphatic carbocycles. The number of hydrogen-bond acceptors (Lipinski definition) is 5. The summed E-state index contributed by atoms with van der Waals surface area (Å²) in [4.78, 5) is 28.7. The Balaban J connectivity index is 1.42. The maximum absolute atomic E-state index is 12.9. The third-order valence-corrected chi connectivity index (χ3v) is 5.91. The first-order valence-electron chi connectivity index (χ1n) is 9.51. The lowest BCUT2D eigenvalue weighted by Crippen LogP contribution is -2.53. The van der Waals surface area contributed by atoms with Gasteiger partial charge >= 0.3 is 0 Å². The molecule has 3 heterocycles. The number of nitrogens with one attached hydrogen (secondary N) is 1. The molecule has 2 aromatic rings. The molecule has 2 fully saturated rings. The fraction of sp³-hybridized carbons (Fsp3) is 0.579. The van der Waals surface area contributed by atoms with Gasteiger partial charge in [-0.15, -0.1) is 0 Å². The van der Waals surface area contributed by atoms with E-state index >= 15 is 0 Å². The van der Waals surface area contributed by atoms with Gasteiger partial charge < -0.3 is 14.9 Å². The van der Waals surface area contributed by atoms with Gasteiger partial charge in [-0.2, -0.15) is 15.4 Å². The van der Waals surface area contributed by atoms with Gasteiger partial charge in [0.15, 0.2) is 0 Å². The van der Waals surface area contributed by atoms with Gasteiger partial charge in [-0.05, 0) is 49.8 Å². The Kier molecular flexibility index (Phi) is 4.59. The number of carbonyl (C=O) groups is 2. The van der Waals surface area contributed by atoms with E-state index in [4.69, 9.17) is 0 Å². The van der Waals surface area contributed by atoms with E-state index in [1.807, 2.05) is 4.90 Å². The molecule has 1 atom stereocenters. The van der Waals surface area contributed by atoms with Crippen molar-refractivity contribution in [2.75, 3.05) is 26.2 Å². The summed E-state index contributed by atoms with van der Waals surface area (Å²) in [6, 6.07) is 5.37. The topological polar surface area (TPSA) is 102 Å². The number of piperidine rings is 2. The summed E-state index contributed by atoms with van der Waals surface area (Å²) < 4.78 is 0. The largest absolute Gasteiger partial charge is 0.392 e. The molecule has 0 bridgehead atoms. The second-order valence-electron chi connectivity index (χ2n) is 7.94. The minimum absolute atomic E-state index is 0.0162. The van der Waals surface area contributed by atoms with Crippen LogP contribution >= 0.6 is 0 Å². The molecule has 2 N–H and O–H groups in total. The number of β-amino-alcohol motifs (C(OH)–C–C–N with tert-alkyl or cyclic N) is 1. The Labute approximate surface area is 157 Å². The van der Waals surface area contributed by atoms with Crippen LogP contribution in [0.2, 0.25) is 0 Å². The minimum Gasteiger partial charge on any atom is -0.392 e. The normalized spacial score (nSPS) is 21.0. The van der Waals surface area contributed by atoms with Crippen LogP contribution < -0.4 is 0 Å². The van der Waals surface area contributed by atoms with Crippen molar-refractivity contribution in [1.29, 1.82) is 0 Å².